The first-order valence-electron chi connectivity index (χ1n) is 6.44. The Hall–Kier alpha value is -1.62. The van der Waals surface area contributed by atoms with Crippen LogP contribution in [0.25, 0.3) is 6.08 Å². The summed E-state index contributed by atoms with van der Waals surface area (Å²) in [4.78, 5) is 23.4. The van der Waals surface area contributed by atoms with Crippen molar-refractivity contribution in [2.24, 2.45) is 0 Å². The van der Waals surface area contributed by atoms with Gasteiger partial charge in [-0.25, -0.2) is 4.79 Å². The van der Waals surface area contributed by atoms with Crippen LogP contribution < -0.4 is 5.32 Å². The number of aromatic carboxylic acids is 1. The second-order valence-corrected chi connectivity index (χ2v) is 5.77. The highest BCUT2D eigenvalue weighted by atomic mass is 32.1. The number of hydrogen-bond acceptors (Lipinski definition) is 3. The molecule has 1 unspecified atom stereocenters. The van der Waals surface area contributed by atoms with Gasteiger partial charge in [-0.3, -0.25) is 4.79 Å². The summed E-state index contributed by atoms with van der Waals surface area (Å²) in [5, 5.41) is 11.8. The summed E-state index contributed by atoms with van der Waals surface area (Å²) >= 11 is 1.26. The van der Waals surface area contributed by atoms with E-state index in [9.17, 15) is 9.59 Å². The van der Waals surface area contributed by atoms with Crippen LogP contribution in [0.1, 0.15) is 46.7 Å². The summed E-state index contributed by atoms with van der Waals surface area (Å²) in [6.07, 6.45) is 8.43. The Balaban J connectivity index is 1.87. The average Bonchev–Trinajstić information content (AvgIpc) is 2.74. The molecule has 0 aromatic carbocycles. The molecule has 1 aromatic rings. The summed E-state index contributed by atoms with van der Waals surface area (Å²) in [6.45, 7) is 0. The van der Waals surface area contributed by atoms with Crippen LogP contribution in [0.2, 0.25) is 0 Å². The second-order valence-electron chi connectivity index (χ2n) is 4.66. The molecule has 2 heterocycles. The fraction of sp³-hybridized carbons (Fsp3) is 0.429. The minimum absolute atomic E-state index is 0.139. The van der Waals surface area contributed by atoms with E-state index >= 15 is 0 Å². The third-order valence-electron chi connectivity index (χ3n) is 3.11. The molecule has 2 rings (SSSR count). The largest absolute Gasteiger partial charge is 0.477 e. The molecule has 1 saturated heterocycles. The van der Waals surface area contributed by atoms with E-state index in [0.717, 1.165) is 30.6 Å². The van der Waals surface area contributed by atoms with Crippen molar-refractivity contribution < 1.29 is 14.7 Å². The molecule has 0 aliphatic carbocycles. The number of carbonyl (C=O) groups excluding carboxylic acids is 1. The Morgan fingerprint density at radius 3 is 3.05 bits per heavy atom. The van der Waals surface area contributed by atoms with E-state index in [-0.39, 0.29) is 11.9 Å². The zero-order valence-electron chi connectivity index (χ0n) is 10.6. The van der Waals surface area contributed by atoms with Gasteiger partial charge in [0.15, 0.2) is 0 Å². The minimum Gasteiger partial charge on any atom is -0.477 e. The number of nitrogens with one attached hydrogen (secondary N) is 1. The van der Waals surface area contributed by atoms with E-state index in [1.807, 2.05) is 12.2 Å². The van der Waals surface area contributed by atoms with Crippen molar-refractivity contribution in [1.29, 1.82) is 0 Å². The lowest BCUT2D eigenvalue weighted by Crippen LogP contribution is -2.32. The van der Waals surface area contributed by atoms with Gasteiger partial charge < -0.3 is 10.4 Å². The van der Waals surface area contributed by atoms with Crippen molar-refractivity contribution in [2.75, 3.05) is 0 Å². The van der Waals surface area contributed by atoms with Crippen LogP contribution in [0.4, 0.5) is 0 Å². The molecule has 102 valence electrons. The van der Waals surface area contributed by atoms with Crippen molar-refractivity contribution in [2.45, 2.75) is 38.1 Å². The van der Waals surface area contributed by atoms with Crippen LogP contribution in [-0.4, -0.2) is 23.0 Å². The molecule has 0 saturated carbocycles. The number of thiophene rings is 1. The fourth-order valence-corrected chi connectivity index (χ4v) is 2.91. The van der Waals surface area contributed by atoms with E-state index in [1.54, 1.807) is 12.1 Å². The fourth-order valence-electron chi connectivity index (χ4n) is 2.13. The third kappa shape index (κ3) is 4.21. The van der Waals surface area contributed by atoms with Crippen molar-refractivity contribution in [1.82, 2.24) is 5.32 Å². The molecule has 1 aromatic heterocycles. The van der Waals surface area contributed by atoms with E-state index in [1.165, 1.54) is 11.3 Å². The standard InChI is InChI=1S/C14H17NO3S/c16-13-7-2-1-4-10(15-13)5-3-6-11-8-9-12(19-11)14(17)18/h3,6,8-10H,1-2,4-5,7H2,(H,15,16)(H,17,18)/b6-3+. The van der Waals surface area contributed by atoms with Gasteiger partial charge in [0.25, 0.3) is 0 Å². The maximum Gasteiger partial charge on any atom is 0.345 e. The molecule has 0 spiro atoms. The first-order chi connectivity index (χ1) is 9.15. The number of carbonyl (C=O) groups is 2. The first-order valence-corrected chi connectivity index (χ1v) is 7.26. The Labute approximate surface area is 116 Å². The lowest BCUT2D eigenvalue weighted by molar-refractivity contribution is -0.121. The normalized spacial score (nSPS) is 20.2. The molecule has 1 aliphatic heterocycles. The van der Waals surface area contributed by atoms with Crippen molar-refractivity contribution in [3.05, 3.63) is 28.0 Å². The number of carboxylic acid groups (broad SMARTS) is 1. The summed E-state index contributed by atoms with van der Waals surface area (Å²) in [5.74, 6) is -0.749. The van der Waals surface area contributed by atoms with Gasteiger partial charge in [-0.15, -0.1) is 11.3 Å². The van der Waals surface area contributed by atoms with Gasteiger partial charge in [0, 0.05) is 17.3 Å². The van der Waals surface area contributed by atoms with E-state index in [0.29, 0.717) is 11.3 Å². The highest BCUT2D eigenvalue weighted by Crippen LogP contribution is 2.19. The molecule has 19 heavy (non-hydrogen) atoms. The number of amides is 1. The van der Waals surface area contributed by atoms with Gasteiger partial charge >= 0.3 is 5.97 Å². The average molecular weight is 279 g/mol. The molecular formula is C14H17NO3S. The Kier molecular flexibility index (Phi) is 4.74. The van der Waals surface area contributed by atoms with Crippen LogP contribution in [0, 0.1) is 0 Å². The van der Waals surface area contributed by atoms with Gasteiger partial charge in [0.1, 0.15) is 4.88 Å². The summed E-state index contributed by atoms with van der Waals surface area (Å²) in [6, 6.07) is 3.63. The van der Waals surface area contributed by atoms with E-state index in [2.05, 4.69) is 5.32 Å². The maximum absolute atomic E-state index is 11.4. The lowest BCUT2D eigenvalue weighted by atomic mass is 10.1. The zero-order valence-corrected chi connectivity index (χ0v) is 11.4. The van der Waals surface area contributed by atoms with Crippen molar-refractivity contribution in [3.63, 3.8) is 0 Å². The third-order valence-corrected chi connectivity index (χ3v) is 4.15. The smallest absolute Gasteiger partial charge is 0.345 e. The van der Waals surface area contributed by atoms with Gasteiger partial charge in [-0.05, 0) is 37.5 Å². The molecule has 4 nitrogen and oxygen atoms in total. The lowest BCUT2D eigenvalue weighted by Gasteiger charge is -2.12. The number of carboxylic acids is 1. The van der Waals surface area contributed by atoms with Gasteiger partial charge in [0.05, 0.1) is 0 Å². The Bertz CT molecular complexity index is 493. The van der Waals surface area contributed by atoms with Crippen LogP contribution in [0.15, 0.2) is 18.2 Å². The zero-order chi connectivity index (χ0) is 13.7. The molecule has 0 radical (unpaired) electrons. The van der Waals surface area contributed by atoms with Crippen molar-refractivity contribution in [3.8, 4) is 0 Å². The highest BCUT2D eigenvalue weighted by molar-refractivity contribution is 7.14. The van der Waals surface area contributed by atoms with Crippen LogP contribution in [0.5, 0.6) is 0 Å². The monoisotopic (exact) mass is 279 g/mol. The van der Waals surface area contributed by atoms with E-state index in [4.69, 9.17) is 5.11 Å². The van der Waals surface area contributed by atoms with Crippen LogP contribution >= 0.6 is 11.3 Å². The summed E-state index contributed by atoms with van der Waals surface area (Å²) in [7, 11) is 0. The first kappa shape index (κ1) is 13.8. The summed E-state index contributed by atoms with van der Waals surface area (Å²) < 4.78 is 0. The number of hydrogen-bond donors (Lipinski definition) is 2. The van der Waals surface area contributed by atoms with Gasteiger partial charge in [-0.1, -0.05) is 12.5 Å². The molecule has 2 N–H and O–H groups in total. The minimum atomic E-state index is -0.888. The maximum atomic E-state index is 11.4. The Morgan fingerprint density at radius 1 is 1.47 bits per heavy atom. The molecular weight excluding hydrogens is 262 g/mol. The predicted molar refractivity (Wildman–Crippen MR) is 75.3 cm³/mol. The molecule has 1 aliphatic rings. The van der Waals surface area contributed by atoms with Gasteiger partial charge in [0.2, 0.25) is 5.91 Å². The van der Waals surface area contributed by atoms with Crippen LogP contribution in [0.3, 0.4) is 0 Å². The number of rotatable bonds is 4. The molecule has 1 atom stereocenters. The Morgan fingerprint density at radius 2 is 2.32 bits per heavy atom. The molecule has 0 bridgehead atoms. The topological polar surface area (TPSA) is 66.4 Å². The quantitative estimate of drug-likeness (QED) is 0.890. The molecule has 1 fully saturated rings. The molecule has 1 amide bonds. The van der Waals surface area contributed by atoms with E-state index < -0.39 is 5.97 Å². The second kappa shape index (κ2) is 6.52. The van der Waals surface area contributed by atoms with Crippen molar-refractivity contribution >= 4 is 29.3 Å². The summed E-state index contributed by atoms with van der Waals surface area (Å²) in [5.41, 5.74) is 0. The predicted octanol–water partition coefficient (Wildman–Crippen LogP) is 2.91. The molecule has 5 heteroatoms. The van der Waals surface area contributed by atoms with Gasteiger partial charge in [-0.2, -0.15) is 0 Å². The highest BCUT2D eigenvalue weighted by Gasteiger charge is 2.14. The van der Waals surface area contributed by atoms with Crippen LogP contribution in [-0.2, 0) is 4.79 Å². The SMILES string of the molecule is O=C1CCCCC(C/C=C/c2ccc(C(=O)O)s2)N1.